The van der Waals surface area contributed by atoms with E-state index in [0.29, 0.717) is 11.8 Å². The molecular formula is C25H53NO6. The summed E-state index contributed by atoms with van der Waals surface area (Å²) in [4.78, 5) is 12.7. The summed E-state index contributed by atoms with van der Waals surface area (Å²) in [6, 6.07) is -0.329. The monoisotopic (exact) mass is 463 g/mol. The van der Waals surface area contributed by atoms with E-state index in [-0.39, 0.29) is 30.1 Å². The van der Waals surface area contributed by atoms with E-state index in [1.807, 2.05) is 27.7 Å². The van der Waals surface area contributed by atoms with Crippen LogP contribution in [0, 0.1) is 29.1 Å². The summed E-state index contributed by atoms with van der Waals surface area (Å²) in [5, 5.41) is 31.6. The third-order valence-corrected chi connectivity index (χ3v) is 6.96. The molecular weight excluding hydrogens is 410 g/mol. The molecule has 1 aliphatic heterocycles. The molecule has 5 unspecified atom stereocenters. The van der Waals surface area contributed by atoms with Gasteiger partial charge in [0.1, 0.15) is 18.3 Å². The van der Waals surface area contributed by atoms with E-state index in [9.17, 15) is 15.0 Å². The number of hydrogen-bond acceptors (Lipinski definition) is 7. The predicted octanol–water partition coefficient (Wildman–Crippen LogP) is 3.24. The van der Waals surface area contributed by atoms with Crippen LogP contribution in [-0.2, 0) is 14.3 Å². The Morgan fingerprint density at radius 3 is 2.03 bits per heavy atom. The van der Waals surface area contributed by atoms with Crippen molar-refractivity contribution in [3.63, 3.8) is 0 Å². The largest absolute Gasteiger partial charge is 0.462 e. The molecule has 7 nitrogen and oxygen atoms in total. The zero-order valence-corrected chi connectivity index (χ0v) is 22.7. The molecule has 0 bridgehead atoms. The highest BCUT2D eigenvalue weighted by Crippen LogP contribution is 2.41. The number of ether oxygens (including phenoxy) is 2. The zero-order valence-electron chi connectivity index (χ0n) is 22.7. The van der Waals surface area contributed by atoms with Crippen LogP contribution in [0.1, 0.15) is 75.7 Å². The van der Waals surface area contributed by atoms with Gasteiger partial charge in [-0.15, -0.1) is 0 Å². The van der Waals surface area contributed by atoms with Gasteiger partial charge in [-0.05, 0) is 56.9 Å². The van der Waals surface area contributed by atoms with Crippen LogP contribution >= 0.6 is 0 Å². The third kappa shape index (κ3) is 9.64. The smallest absolute Gasteiger partial charge is 0.311 e. The maximum atomic E-state index is 12.7. The SMILES string of the molecule is CC.CO.COC1C(C)C(=O)OCC(C)(O)C(O)C(C)NC[C@H](C)CC(C)(C)[C@H](C)[C@H]1C. The number of hydrogen-bond donors (Lipinski definition) is 4. The normalized spacial score (nSPS) is 39.1. The quantitative estimate of drug-likeness (QED) is 0.442. The third-order valence-electron chi connectivity index (χ3n) is 6.96. The van der Waals surface area contributed by atoms with Crippen molar-refractivity contribution in [2.75, 3.05) is 27.4 Å². The van der Waals surface area contributed by atoms with Crippen molar-refractivity contribution in [2.24, 2.45) is 29.1 Å². The van der Waals surface area contributed by atoms with Crippen LogP contribution in [0.2, 0.25) is 0 Å². The number of cyclic esters (lactones) is 1. The van der Waals surface area contributed by atoms with Crippen molar-refractivity contribution < 1.29 is 29.6 Å². The van der Waals surface area contributed by atoms with E-state index in [4.69, 9.17) is 14.6 Å². The van der Waals surface area contributed by atoms with E-state index in [2.05, 4.69) is 39.9 Å². The molecule has 8 atom stereocenters. The maximum absolute atomic E-state index is 12.7. The van der Waals surface area contributed by atoms with Gasteiger partial charge in [0.25, 0.3) is 0 Å². The van der Waals surface area contributed by atoms with Crippen LogP contribution in [0.4, 0.5) is 0 Å². The summed E-state index contributed by atoms with van der Waals surface area (Å²) in [6.07, 6.45) is -0.342. The maximum Gasteiger partial charge on any atom is 0.311 e. The molecule has 0 spiro atoms. The van der Waals surface area contributed by atoms with Crippen molar-refractivity contribution in [3.05, 3.63) is 0 Å². The van der Waals surface area contributed by atoms with E-state index in [1.54, 1.807) is 7.11 Å². The van der Waals surface area contributed by atoms with Gasteiger partial charge in [-0.1, -0.05) is 48.5 Å². The topological polar surface area (TPSA) is 108 Å². The van der Waals surface area contributed by atoms with Gasteiger partial charge in [-0.2, -0.15) is 0 Å². The number of aliphatic hydroxyl groups is 3. The fourth-order valence-corrected chi connectivity index (χ4v) is 4.63. The lowest BCUT2D eigenvalue weighted by atomic mass is 9.66. The summed E-state index contributed by atoms with van der Waals surface area (Å²) >= 11 is 0. The van der Waals surface area contributed by atoms with Crippen molar-refractivity contribution in [2.45, 2.75) is 99.5 Å². The molecule has 32 heavy (non-hydrogen) atoms. The van der Waals surface area contributed by atoms with Crippen LogP contribution < -0.4 is 5.32 Å². The molecule has 0 aromatic rings. The number of rotatable bonds is 1. The molecule has 0 aromatic heterocycles. The van der Waals surface area contributed by atoms with Crippen LogP contribution in [0.3, 0.4) is 0 Å². The first kappa shape index (κ1) is 33.4. The van der Waals surface area contributed by atoms with Gasteiger partial charge in [0.05, 0.1) is 12.0 Å². The summed E-state index contributed by atoms with van der Waals surface area (Å²) in [7, 11) is 2.63. The Balaban J connectivity index is 0. The average molecular weight is 464 g/mol. The Labute approximate surface area is 197 Å². The molecule has 194 valence electrons. The first-order chi connectivity index (χ1) is 14.7. The lowest BCUT2D eigenvalue weighted by molar-refractivity contribution is -0.170. The number of nitrogens with one attached hydrogen (secondary N) is 1. The van der Waals surface area contributed by atoms with Crippen LogP contribution in [0.15, 0.2) is 0 Å². The second-order valence-electron chi connectivity index (χ2n) is 10.0. The highest BCUT2D eigenvalue weighted by Gasteiger charge is 2.41. The van der Waals surface area contributed by atoms with Gasteiger partial charge in [-0.3, -0.25) is 4.79 Å². The Bertz CT molecular complexity index is 511. The van der Waals surface area contributed by atoms with Crippen molar-refractivity contribution in [1.82, 2.24) is 5.32 Å². The molecule has 7 heteroatoms. The highest BCUT2D eigenvalue weighted by molar-refractivity contribution is 5.72. The summed E-state index contributed by atoms with van der Waals surface area (Å²) in [5.41, 5.74) is -1.49. The molecule has 0 amide bonds. The number of carbonyl (C=O) groups is 1. The summed E-state index contributed by atoms with van der Waals surface area (Å²) < 4.78 is 11.1. The molecule has 0 saturated carbocycles. The van der Waals surface area contributed by atoms with E-state index < -0.39 is 23.6 Å². The standard InChI is InChI=1S/C22H43NO5.C2H6.CH4O/c1-13-10-21(6,7)16(4)14(2)18(27-9)15(3)20(25)28-12-22(8,26)19(24)17(5)23-11-13;2*1-2/h13-19,23-24,26H,10-12H2,1-9H3;1-2H3;2H,1H3/t13-,14-,15?,16-,17?,18?,19?,22?;;/m1../s1. The van der Waals surface area contributed by atoms with Gasteiger partial charge >= 0.3 is 5.97 Å². The lowest BCUT2D eigenvalue weighted by Gasteiger charge is -2.41. The fourth-order valence-electron chi connectivity index (χ4n) is 4.63. The molecule has 1 aliphatic rings. The Morgan fingerprint density at radius 1 is 1.06 bits per heavy atom. The molecule has 0 radical (unpaired) electrons. The minimum atomic E-state index is -1.54. The summed E-state index contributed by atoms with van der Waals surface area (Å²) in [6.45, 7) is 20.7. The van der Waals surface area contributed by atoms with Gasteiger partial charge in [0.2, 0.25) is 0 Å². The number of methoxy groups -OCH3 is 1. The number of esters is 1. The molecule has 4 N–H and O–H groups in total. The van der Waals surface area contributed by atoms with Crippen molar-refractivity contribution in [3.8, 4) is 0 Å². The van der Waals surface area contributed by atoms with E-state index >= 15 is 0 Å². The molecule has 1 heterocycles. The lowest BCUT2D eigenvalue weighted by Crippen LogP contribution is -2.54. The molecule has 1 saturated heterocycles. The van der Waals surface area contributed by atoms with Crippen molar-refractivity contribution in [1.29, 1.82) is 0 Å². The van der Waals surface area contributed by atoms with E-state index in [1.165, 1.54) is 6.92 Å². The van der Waals surface area contributed by atoms with Crippen LogP contribution in [0.25, 0.3) is 0 Å². The molecule has 1 fully saturated rings. The molecule has 0 aromatic carbocycles. The van der Waals surface area contributed by atoms with Gasteiger partial charge in [0.15, 0.2) is 0 Å². The highest BCUT2D eigenvalue weighted by atomic mass is 16.5. The van der Waals surface area contributed by atoms with Gasteiger partial charge in [-0.25, -0.2) is 0 Å². The molecule has 1 rings (SSSR count). The zero-order chi connectivity index (χ0) is 25.9. The molecule has 0 aliphatic carbocycles. The average Bonchev–Trinajstić information content (AvgIpc) is 2.76. The van der Waals surface area contributed by atoms with Gasteiger partial charge < -0.3 is 30.1 Å². The Hall–Kier alpha value is -0.730. The second-order valence-corrected chi connectivity index (χ2v) is 10.0. The van der Waals surface area contributed by atoms with Crippen LogP contribution in [-0.4, -0.2) is 72.5 Å². The minimum Gasteiger partial charge on any atom is -0.462 e. The fraction of sp³-hybridized carbons (Fsp3) is 0.960. The first-order valence-corrected chi connectivity index (χ1v) is 12.0. The summed E-state index contributed by atoms with van der Waals surface area (Å²) in [5.74, 6) is -0.0146. The number of carbonyl (C=O) groups excluding carboxylic acids is 1. The van der Waals surface area contributed by atoms with Gasteiger partial charge in [0, 0.05) is 20.3 Å². The first-order valence-electron chi connectivity index (χ1n) is 12.0. The minimum absolute atomic E-state index is 0.0500. The second kappa shape index (κ2) is 15.2. The number of aliphatic hydroxyl groups excluding tert-OH is 2. The van der Waals surface area contributed by atoms with E-state index in [0.717, 1.165) is 20.1 Å². The predicted molar refractivity (Wildman–Crippen MR) is 130 cm³/mol. The Morgan fingerprint density at radius 2 is 1.56 bits per heavy atom. The van der Waals surface area contributed by atoms with Crippen LogP contribution in [0.5, 0.6) is 0 Å². The van der Waals surface area contributed by atoms with Crippen molar-refractivity contribution >= 4 is 5.97 Å². The Kier molecular flexibility index (Phi) is 15.9.